The molecular formula is C35H49N5O3S. The zero-order chi connectivity index (χ0) is 30.6. The van der Waals surface area contributed by atoms with Crippen molar-refractivity contribution in [3.63, 3.8) is 0 Å². The van der Waals surface area contributed by atoms with E-state index in [-0.39, 0.29) is 17.9 Å². The minimum Gasteiger partial charge on any atom is -0.300 e. The molecule has 2 saturated heterocycles. The van der Waals surface area contributed by atoms with Crippen molar-refractivity contribution in [2.75, 3.05) is 31.9 Å². The van der Waals surface area contributed by atoms with E-state index in [1.807, 2.05) is 18.2 Å². The molecule has 6 aliphatic rings. The maximum Gasteiger partial charge on any atom is 0.263 e. The number of hydrogen-bond donors (Lipinski definition) is 1. The van der Waals surface area contributed by atoms with Crippen molar-refractivity contribution in [1.29, 1.82) is 0 Å². The summed E-state index contributed by atoms with van der Waals surface area (Å²) in [5, 5.41) is 2.95. The number of piperazine rings is 1. The normalized spacial score (nSPS) is 34.2. The van der Waals surface area contributed by atoms with Crippen LogP contribution in [-0.4, -0.2) is 75.2 Å². The zero-order valence-electron chi connectivity index (χ0n) is 26.7. The third-order valence-electron chi connectivity index (χ3n) is 11.7. The van der Waals surface area contributed by atoms with E-state index in [9.17, 15) is 14.4 Å². The van der Waals surface area contributed by atoms with E-state index in [0.717, 1.165) is 54.5 Å². The van der Waals surface area contributed by atoms with Gasteiger partial charge in [0.05, 0.1) is 10.9 Å². The van der Waals surface area contributed by atoms with Gasteiger partial charge in [0, 0.05) is 36.5 Å². The molecule has 4 bridgehead atoms. The van der Waals surface area contributed by atoms with Gasteiger partial charge in [0.15, 0.2) is 0 Å². The Morgan fingerprint density at radius 2 is 1.66 bits per heavy atom. The number of imide groups is 1. The predicted molar refractivity (Wildman–Crippen MR) is 175 cm³/mol. The molecule has 1 aromatic heterocycles. The number of carbonyl (C=O) groups is 2. The first-order valence-corrected chi connectivity index (χ1v) is 18.1. The Bertz CT molecular complexity index is 1440. The highest BCUT2D eigenvalue weighted by atomic mass is 32.2. The van der Waals surface area contributed by atoms with Gasteiger partial charge in [0.2, 0.25) is 11.8 Å². The number of piperidine rings is 1. The van der Waals surface area contributed by atoms with E-state index < -0.39 is 11.9 Å². The molecule has 3 atom stereocenters. The molecule has 2 aromatic rings. The number of carbonyl (C=O) groups excluding carboxylic acids is 2. The molecule has 9 heteroatoms. The van der Waals surface area contributed by atoms with Crippen LogP contribution in [0.4, 0.5) is 0 Å². The maximum atomic E-state index is 13.8. The molecule has 2 aliphatic heterocycles. The summed E-state index contributed by atoms with van der Waals surface area (Å²) in [5.74, 6) is 3.81. The van der Waals surface area contributed by atoms with Gasteiger partial charge in [-0.3, -0.25) is 29.2 Å². The van der Waals surface area contributed by atoms with Gasteiger partial charge in [-0.05, 0) is 133 Å². The molecule has 8 rings (SSSR count). The molecule has 8 nitrogen and oxygen atoms in total. The number of nitrogens with zero attached hydrogens (tertiary/aromatic N) is 4. The van der Waals surface area contributed by atoms with E-state index >= 15 is 0 Å². The monoisotopic (exact) mass is 619 g/mol. The number of nitrogens with one attached hydrogen (secondary N) is 1. The highest BCUT2D eigenvalue weighted by Gasteiger charge is 2.50. The van der Waals surface area contributed by atoms with Crippen molar-refractivity contribution in [2.45, 2.75) is 108 Å². The fraction of sp³-hybridized carbons (Fsp3) is 0.714. The van der Waals surface area contributed by atoms with Crippen molar-refractivity contribution in [2.24, 2.45) is 23.2 Å². The van der Waals surface area contributed by atoms with Crippen LogP contribution in [0.3, 0.4) is 0 Å². The summed E-state index contributed by atoms with van der Waals surface area (Å²) in [6.07, 6.45) is 12.1. The summed E-state index contributed by atoms with van der Waals surface area (Å²) >= 11 is 1.71. The minimum absolute atomic E-state index is 0.197. The molecule has 44 heavy (non-hydrogen) atoms. The van der Waals surface area contributed by atoms with Gasteiger partial charge >= 0.3 is 0 Å². The van der Waals surface area contributed by atoms with Crippen LogP contribution in [-0.2, 0) is 9.59 Å². The van der Waals surface area contributed by atoms with Gasteiger partial charge in [-0.2, -0.15) is 0 Å². The second-order valence-electron chi connectivity index (χ2n) is 15.0. The Hall–Kier alpha value is -2.23. The highest BCUT2D eigenvalue weighted by molar-refractivity contribution is 7.99. The third-order valence-corrected chi connectivity index (χ3v) is 12.9. The molecule has 3 heterocycles. The number of rotatable bonds is 9. The van der Waals surface area contributed by atoms with Crippen molar-refractivity contribution < 1.29 is 9.59 Å². The molecule has 4 aliphatic carbocycles. The lowest BCUT2D eigenvalue weighted by Crippen LogP contribution is -2.57. The Morgan fingerprint density at radius 1 is 0.977 bits per heavy atom. The number of aromatic nitrogens is 2. The van der Waals surface area contributed by atoms with Gasteiger partial charge in [0.1, 0.15) is 11.9 Å². The van der Waals surface area contributed by atoms with Crippen LogP contribution in [0.15, 0.2) is 27.9 Å². The molecule has 1 aromatic carbocycles. The summed E-state index contributed by atoms with van der Waals surface area (Å²) in [4.78, 5) is 49.1. The molecule has 0 radical (unpaired) electrons. The number of fused-ring (bicyclic) bond motifs is 1. The second kappa shape index (κ2) is 12.2. The third kappa shape index (κ3) is 5.89. The highest BCUT2D eigenvalue weighted by Crippen LogP contribution is 2.61. The molecule has 2 amide bonds. The standard InChI is InChI=1S/C35H49N5O3S/c1-22-20-38(12-10-35-17-25-14-26(18-35)16-27(15-25)19-35)21-23(2)39(22)11-5-13-44-30-7-4-6-28-32(30)34(43)40(24(3)36-28)29-8-9-31(41)37-33(29)42/h4,6-7,22-23,25-27,29H,5,8-21H2,1-3H3,(H,37,41,42)/t22-,23-,25?,26?,27?,29-,35?/m1/s1. The lowest BCUT2D eigenvalue weighted by atomic mass is 9.49. The topological polar surface area (TPSA) is 87.5 Å². The first-order chi connectivity index (χ1) is 21.2. The van der Waals surface area contributed by atoms with Gasteiger partial charge in [0.25, 0.3) is 5.56 Å². The Balaban J connectivity index is 0.944. The van der Waals surface area contributed by atoms with E-state index in [2.05, 4.69) is 29.0 Å². The molecule has 1 N–H and O–H groups in total. The predicted octanol–water partition coefficient (Wildman–Crippen LogP) is 5.17. The Morgan fingerprint density at radius 3 is 2.32 bits per heavy atom. The molecule has 0 unspecified atom stereocenters. The lowest BCUT2D eigenvalue weighted by molar-refractivity contribution is -0.135. The fourth-order valence-electron chi connectivity index (χ4n) is 10.2. The fourth-order valence-corrected chi connectivity index (χ4v) is 11.3. The van der Waals surface area contributed by atoms with Crippen LogP contribution in [0.5, 0.6) is 0 Å². The Labute approximate surface area is 265 Å². The van der Waals surface area contributed by atoms with Gasteiger partial charge < -0.3 is 4.90 Å². The van der Waals surface area contributed by atoms with E-state index in [0.29, 0.717) is 40.6 Å². The number of amides is 2. The second-order valence-corrected chi connectivity index (χ2v) is 16.2. The summed E-state index contributed by atoms with van der Waals surface area (Å²) in [7, 11) is 0. The van der Waals surface area contributed by atoms with Crippen molar-refractivity contribution >= 4 is 34.5 Å². The number of hydrogen-bond acceptors (Lipinski definition) is 7. The molecule has 6 fully saturated rings. The summed E-state index contributed by atoms with van der Waals surface area (Å²) < 4.78 is 1.49. The SMILES string of the molecule is Cc1nc2cccc(SCCCN3[C@H](C)CN(CCC45CC6CC(CC(C6)C4)C5)C[C@H]3C)c2c(=O)n1[C@@H]1CCC(=O)NC1=O. The molecule has 4 saturated carbocycles. The molecule has 0 spiro atoms. The lowest BCUT2D eigenvalue weighted by Gasteiger charge is -2.57. The summed E-state index contributed by atoms with van der Waals surface area (Å²) in [6, 6.07) is 6.21. The van der Waals surface area contributed by atoms with Gasteiger partial charge in [-0.25, -0.2) is 4.98 Å². The Kier molecular flexibility index (Phi) is 8.42. The van der Waals surface area contributed by atoms with E-state index in [4.69, 9.17) is 4.98 Å². The van der Waals surface area contributed by atoms with E-state index in [1.165, 1.54) is 56.1 Å². The van der Waals surface area contributed by atoms with Crippen molar-refractivity contribution in [1.82, 2.24) is 24.7 Å². The number of thioether (sulfide) groups is 1. The van der Waals surface area contributed by atoms with Crippen molar-refractivity contribution in [3.8, 4) is 0 Å². The van der Waals surface area contributed by atoms with Crippen LogP contribution >= 0.6 is 11.8 Å². The first kappa shape index (κ1) is 30.4. The average molecular weight is 620 g/mol. The van der Waals surface area contributed by atoms with E-state index in [1.54, 1.807) is 18.7 Å². The first-order valence-electron chi connectivity index (χ1n) is 17.1. The van der Waals surface area contributed by atoms with Crippen molar-refractivity contribution in [3.05, 3.63) is 34.4 Å². The summed E-state index contributed by atoms with van der Waals surface area (Å²) in [5.41, 5.74) is 1.13. The quantitative estimate of drug-likeness (QED) is 0.236. The van der Waals surface area contributed by atoms with Crippen LogP contribution in [0.2, 0.25) is 0 Å². The van der Waals surface area contributed by atoms with Crippen LogP contribution in [0, 0.1) is 30.1 Å². The van der Waals surface area contributed by atoms with Crippen LogP contribution in [0.1, 0.15) is 89.9 Å². The number of benzene rings is 1. The number of aryl methyl sites for hydroxylation is 1. The van der Waals surface area contributed by atoms with Gasteiger partial charge in [-0.15, -0.1) is 11.8 Å². The minimum atomic E-state index is -0.704. The van der Waals surface area contributed by atoms with Crippen LogP contribution < -0.4 is 10.9 Å². The van der Waals surface area contributed by atoms with Crippen LogP contribution in [0.25, 0.3) is 10.9 Å². The summed E-state index contributed by atoms with van der Waals surface area (Å²) in [6.45, 7) is 11.2. The molecule has 238 valence electrons. The molecular weight excluding hydrogens is 570 g/mol. The maximum absolute atomic E-state index is 13.8. The smallest absolute Gasteiger partial charge is 0.263 e. The van der Waals surface area contributed by atoms with Gasteiger partial charge in [-0.1, -0.05) is 6.07 Å². The largest absolute Gasteiger partial charge is 0.300 e. The zero-order valence-corrected chi connectivity index (χ0v) is 27.5. The average Bonchev–Trinajstić information content (AvgIpc) is 2.95.